The van der Waals surface area contributed by atoms with Crippen molar-refractivity contribution in [2.24, 2.45) is 5.92 Å². The lowest BCUT2D eigenvalue weighted by molar-refractivity contribution is 0.0928. The molecule has 0 bridgehead atoms. The molecule has 1 aromatic rings. The van der Waals surface area contributed by atoms with Crippen molar-refractivity contribution in [3.63, 3.8) is 0 Å². The van der Waals surface area contributed by atoms with Crippen LogP contribution in [0.2, 0.25) is 0 Å². The Balaban J connectivity index is 1.62. The Morgan fingerprint density at radius 1 is 1.25 bits per heavy atom. The third-order valence-electron chi connectivity index (χ3n) is 5.31. The molecule has 0 aromatic heterocycles. The molecular formula is C20H30N2O2. The van der Waals surface area contributed by atoms with Gasteiger partial charge in [-0.3, -0.25) is 4.79 Å². The number of carbonyl (C=O) groups excluding carboxylic acids is 1. The molecule has 3 rings (SSSR count). The molecule has 2 aliphatic rings. The van der Waals surface area contributed by atoms with E-state index >= 15 is 0 Å². The molecule has 0 saturated heterocycles. The molecule has 1 heterocycles. The molecule has 1 fully saturated rings. The number of amides is 1. The van der Waals surface area contributed by atoms with E-state index in [1.807, 2.05) is 25.2 Å². The van der Waals surface area contributed by atoms with Crippen LogP contribution >= 0.6 is 0 Å². The van der Waals surface area contributed by atoms with E-state index in [1.54, 1.807) is 0 Å². The van der Waals surface area contributed by atoms with Gasteiger partial charge in [0.25, 0.3) is 5.91 Å². The quantitative estimate of drug-likeness (QED) is 0.841. The fraction of sp³-hybridized carbons (Fsp3) is 0.650. The van der Waals surface area contributed by atoms with Gasteiger partial charge in [0.1, 0.15) is 5.75 Å². The van der Waals surface area contributed by atoms with Gasteiger partial charge in [-0.15, -0.1) is 0 Å². The van der Waals surface area contributed by atoms with Crippen molar-refractivity contribution in [2.75, 3.05) is 20.2 Å². The van der Waals surface area contributed by atoms with Gasteiger partial charge in [-0.2, -0.15) is 0 Å². The van der Waals surface area contributed by atoms with E-state index in [9.17, 15) is 4.79 Å². The number of benzene rings is 1. The Morgan fingerprint density at radius 2 is 2.08 bits per heavy atom. The minimum absolute atomic E-state index is 0.0167. The first-order valence-electron chi connectivity index (χ1n) is 9.47. The van der Waals surface area contributed by atoms with E-state index in [4.69, 9.17) is 4.74 Å². The highest BCUT2D eigenvalue weighted by Crippen LogP contribution is 2.28. The Kier molecular flexibility index (Phi) is 6.13. The summed E-state index contributed by atoms with van der Waals surface area (Å²) in [5, 5.41) is 6.46. The van der Waals surface area contributed by atoms with Crippen molar-refractivity contribution >= 4 is 5.91 Å². The van der Waals surface area contributed by atoms with Crippen LogP contribution < -0.4 is 15.4 Å². The van der Waals surface area contributed by atoms with Gasteiger partial charge in [0.2, 0.25) is 0 Å². The Hall–Kier alpha value is -1.55. The van der Waals surface area contributed by atoms with Crippen molar-refractivity contribution in [3.05, 3.63) is 29.3 Å². The lowest BCUT2D eigenvalue weighted by atomic mass is 9.84. The number of rotatable bonds is 6. The maximum Gasteiger partial charge on any atom is 0.251 e. The zero-order valence-electron chi connectivity index (χ0n) is 14.8. The van der Waals surface area contributed by atoms with Gasteiger partial charge in [0.05, 0.1) is 6.61 Å². The van der Waals surface area contributed by atoms with Crippen LogP contribution in [0.4, 0.5) is 0 Å². The normalized spacial score (nSPS) is 19.2. The van der Waals surface area contributed by atoms with Crippen LogP contribution in [0.1, 0.15) is 60.9 Å². The highest BCUT2D eigenvalue weighted by molar-refractivity contribution is 5.95. The van der Waals surface area contributed by atoms with Gasteiger partial charge in [0, 0.05) is 18.2 Å². The third kappa shape index (κ3) is 4.50. The molecule has 0 unspecified atom stereocenters. The predicted octanol–water partition coefficient (Wildman–Crippen LogP) is 3.30. The number of hydrogen-bond donors (Lipinski definition) is 2. The maximum absolute atomic E-state index is 12.7. The smallest absolute Gasteiger partial charge is 0.251 e. The largest absolute Gasteiger partial charge is 0.493 e. The van der Waals surface area contributed by atoms with Crippen LogP contribution in [-0.4, -0.2) is 32.1 Å². The number of likely N-dealkylation sites (N-methyl/N-ethyl adjacent to an activating group) is 1. The first-order valence-corrected chi connectivity index (χ1v) is 9.47. The molecule has 4 heteroatoms. The van der Waals surface area contributed by atoms with Gasteiger partial charge in [-0.1, -0.05) is 38.2 Å². The van der Waals surface area contributed by atoms with Crippen molar-refractivity contribution < 1.29 is 9.53 Å². The predicted molar refractivity (Wildman–Crippen MR) is 96.6 cm³/mol. The number of ether oxygens (including phenoxy) is 1. The highest BCUT2D eigenvalue weighted by atomic mass is 16.5. The molecule has 4 nitrogen and oxygen atoms in total. The van der Waals surface area contributed by atoms with Gasteiger partial charge < -0.3 is 15.4 Å². The molecule has 1 atom stereocenters. The fourth-order valence-corrected chi connectivity index (χ4v) is 4.02. The monoisotopic (exact) mass is 330 g/mol. The first kappa shape index (κ1) is 17.3. The van der Waals surface area contributed by atoms with E-state index < -0.39 is 0 Å². The maximum atomic E-state index is 12.7. The van der Waals surface area contributed by atoms with Crippen molar-refractivity contribution in [1.82, 2.24) is 10.6 Å². The van der Waals surface area contributed by atoms with E-state index in [0.29, 0.717) is 5.56 Å². The summed E-state index contributed by atoms with van der Waals surface area (Å²) in [5.74, 6) is 1.65. The molecule has 1 aromatic carbocycles. The summed E-state index contributed by atoms with van der Waals surface area (Å²) in [6.45, 7) is 1.58. The molecular weight excluding hydrogens is 300 g/mol. The number of hydrogen-bond acceptors (Lipinski definition) is 3. The summed E-state index contributed by atoms with van der Waals surface area (Å²) in [5.41, 5.74) is 1.92. The fourth-order valence-electron chi connectivity index (χ4n) is 4.02. The minimum atomic E-state index is 0.0167. The molecule has 24 heavy (non-hydrogen) atoms. The van der Waals surface area contributed by atoms with Crippen LogP contribution in [0, 0.1) is 5.92 Å². The summed E-state index contributed by atoms with van der Waals surface area (Å²) in [4.78, 5) is 12.7. The van der Waals surface area contributed by atoms with Crippen molar-refractivity contribution in [2.45, 2.75) is 57.4 Å². The van der Waals surface area contributed by atoms with E-state index in [2.05, 4.69) is 10.6 Å². The number of fused-ring (bicyclic) bond motifs is 1. The van der Waals surface area contributed by atoms with Crippen LogP contribution in [0.5, 0.6) is 5.75 Å². The van der Waals surface area contributed by atoms with Crippen LogP contribution in [0.3, 0.4) is 0 Å². The summed E-state index contributed by atoms with van der Waals surface area (Å²) in [6, 6.07) is 6.07. The van der Waals surface area contributed by atoms with Crippen LogP contribution in [0.15, 0.2) is 18.2 Å². The zero-order valence-corrected chi connectivity index (χ0v) is 14.8. The summed E-state index contributed by atoms with van der Waals surface area (Å²) in [7, 11) is 1.95. The lowest BCUT2D eigenvalue weighted by Gasteiger charge is -2.27. The Morgan fingerprint density at radius 3 is 2.88 bits per heavy atom. The van der Waals surface area contributed by atoms with Crippen molar-refractivity contribution in [1.29, 1.82) is 0 Å². The van der Waals surface area contributed by atoms with Gasteiger partial charge in [-0.25, -0.2) is 0 Å². The van der Waals surface area contributed by atoms with E-state index in [1.165, 1.54) is 37.7 Å². The standard InChI is InChI=1S/C20H30N2O2/c1-21-14-18(12-15-6-3-2-4-7-15)22-20(23)17-10-9-16-8-5-11-24-19(16)13-17/h9-10,13,15,18,21H,2-8,11-12,14H2,1H3,(H,22,23)/t18-/m0/s1. The second-order valence-electron chi connectivity index (χ2n) is 7.24. The number of aryl methyl sites for hydroxylation is 1. The first-order chi connectivity index (χ1) is 11.8. The molecule has 1 amide bonds. The molecule has 0 spiro atoms. The average molecular weight is 330 g/mol. The average Bonchev–Trinajstić information content (AvgIpc) is 2.62. The molecule has 1 saturated carbocycles. The Labute approximate surface area is 145 Å². The SMILES string of the molecule is CNC[C@H](CC1CCCCC1)NC(=O)c1ccc2c(c1)OCCC2. The topological polar surface area (TPSA) is 50.4 Å². The van der Waals surface area contributed by atoms with Crippen LogP contribution in [0.25, 0.3) is 0 Å². The van der Waals surface area contributed by atoms with Crippen molar-refractivity contribution in [3.8, 4) is 5.75 Å². The van der Waals surface area contributed by atoms with Gasteiger partial charge >= 0.3 is 0 Å². The molecule has 1 aliphatic carbocycles. The molecule has 0 radical (unpaired) electrons. The zero-order chi connectivity index (χ0) is 16.8. The summed E-state index contributed by atoms with van der Waals surface area (Å²) < 4.78 is 5.70. The molecule has 1 aliphatic heterocycles. The van der Waals surface area contributed by atoms with Gasteiger partial charge in [-0.05, 0) is 49.9 Å². The Bertz CT molecular complexity index is 553. The van der Waals surface area contributed by atoms with Gasteiger partial charge in [0.15, 0.2) is 0 Å². The van der Waals surface area contributed by atoms with Crippen LogP contribution in [-0.2, 0) is 6.42 Å². The second-order valence-corrected chi connectivity index (χ2v) is 7.24. The van der Waals surface area contributed by atoms with E-state index in [0.717, 1.165) is 44.1 Å². The number of nitrogens with one attached hydrogen (secondary N) is 2. The number of carbonyl (C=O) groups is 1. The molecule has 132 valence electrons. The minimum Gasteiger partial charge on any atom is -0.493 e. The molecule has 2 N–H and O–H groups in total. The second kappa shape index (κ2) is 8.52. The highest BCUT2D eigenvalue weighted by Gasteiger charge is 2.21. The van der Waals surface area contributed by atoms with E-state index in [-0.39, 0.29) is 11.9 Å². The summed E-state index contributed by atoms with van der Waals surface area (Å²) in [6.07, 6.45) is 9.85. The lowest BCUT2D eigenvalue weighted by Crippen LogP contribution is -2.42. The summed E-state index contributed by atoms with van der Waals surface area (Å²) >= 11 is 0. The third-order valence-corrected chi connectivity index (χ3v) is 5.31.